The zero-order valence-electron chi connectivity index (χ0n) is 9.43. The number of anilines is 1. The summed E-state index contributed by atoms with van der Waals surface area (Å²) in [4.78, 5) is 4.25. The van der Waals surface area contributed by atoms with E-state index in [1.54, 1.807) is 6.20 Å². The van der Waals surface area contributed by atoms with Crippen LogP contribution in [0.3, 0.4) is 0 Å². The highest BCUT2D eigenvalue weighted by atomic mass is 15.0. The van der Waals surface area contributed by atoms with E-state index in [4.69, 9.17) is 0 Å². The molecule has 82 valence electrons. The van der Waals surface area contributed by atoms with E-state index in [1.807, 2.05) is 24.3 Å². The van der Waals surface area contributed by atoms with Crippen molar-refractivity contribution in [1.29, 1.82) is 0 Å². The Kier molecular flexibility index (Phi) is 3.54. The quantitative estimate of drug-likeness (QED) is 0.842. The summed E-state index contributed by atoms with van der Waals surface area (Å²) in [6.45, 7) is 2.17. The molecule has 0 fully saturated rings. The normalized spacial score (nSPS) is 12.1. The highest BCUT2D eigenvalue weighted by Crippen LogP contribution is 2.07. The highest BCUT2D eigenvalue weighted by Gasteiger charge is 2.03. The van der Waals surface area contributed by atoms with E-state index in [2.05, 4.69) is 41.5 Å². The van der Waals surface area contributed by atoms with E-state index in [1.165, 1.54) is 5.56 Å². The third kappa shape index (κ3) is 3.09. The molecule has 1 heterocycles. The molecule has 0 aliphatic rings. The van der Waals surface area contributed by atoms with Crippen molar-refractivity contribution in [3.05, 3.63) is 60.3 Å². The van der Waals surface area contributed by atoms with Gasteiger partial charge >= 0.3 is 0 Å². The van der Waals surface area contributed by atoms with Crippen LogP contribution in [0.1, 0.15) is 12.5 Å². The topological polar surface area (TPSA) is 24.9 Å². The number of benzene rings is 1. The number of aromatic nitrogens is 1. The first kappa shape index (κ1) is 10.7. The number of pyridine rings is 1. The fourth-order valence-electron chi connectivity index (χ4n) is 1.72. The minimum atomic E-state index is 0.386. The van der Waals surface area contributed by atoms with Crippen LogP contribution in [0.4, 0.5) is 5.82 Å². The van der Waals surface area contributed by atoms with E-state index in [0.29, 0.717) is 6.04 Å². The van der Waals surface area contributed by atoms with Crippen molar-refractivity contribution in [2.75, 3.05) is 5.32 Å². The van der Waals surface area contributed by atoms with Gasteiger partial charge in [-0.2, -0.15) is 0 Å². The Balaban J connectivity index is 1.92. The summed E-state index contributed by atoms with van der Waals surface area (Å²) in [5, 5.41) is 3.38. The number of hydrogen-bond donors (Lipinski definition) is 1. The first-order chi connectivity index (χ1) is 7.84. The molecule has 2 nitrogen and oxygen atoms in total. The monoisotopic (exact) mass is 212 g/mol. The molecule has 2 aromatic rings. The summed E-state index contributed by atoms with van der Waals surface area (Å²) in [5.74, 6) is 0.936. The zero-order valence-corrected chi connectivity index (χ0v) is 9.43. The van der Waals surface area contributed by atoms with Gasteiger partial charge in [0, 0.05) is 12.2 Å². The van der Waals surface area contributed by atoms with Gasteiger partial charge in [0.05, 0.1) is 0 Å². The Morgan fingerprint density at radius 3 is 2.50 bits per heavy atom. The fraction of sp³-hybridized carbons (Fsp3) is 0.214. The van der Waals surface area contributed by atoms with Crippen LogP contribution >= 0.6 is 0 Å². The van der Waals surface area contributed by atoms with Gasteiger partial charge in [-0.1, -0.05) is 36.4 Å². The second kappa shape index (κ2) is 5.31. The molecule has 1 aromatic carbocycles. The summed E-state index contributed by atoms with van der Waals surface area (Å²) in [7, 11) is 0. The largest absolute Gasteiger partial charge is 0.367 e. The van der Waals surface area contributed by atoms with Gasteiger partial charge in [0.1, 0.15) is 5.82 Å². The van der Waals surface area contributed by atoms with Gasteiger partial charge in [-0.3, -0.25) is 0 Å². The van der Waals surface area contributed by atoms with Crippen LogP contribution in [-0.4, -0.2) is 11.0 Å². The highest BCUT2D eigenvalue weighted by molar-refractivity contribution is 5.34. The second-order valence-corrected chi connectivity index (χ2v) is 3.95. The SMILES string of the molecule is C[C@H](Cc1ccccc1)Nc1ccccn1. The zero-order chi connectivity index (χ0) is 11.2. The van der Waals surface area contributed by atoms with Crippen molar-refractivity contribution < 1.29 is 0 Å². The Bertz CT molecular complexity index is 370. The summed E-state index contributed by atoms with van der Waals surface area (Å²) in [5.41, 5.74) is 1.35. The predicted octanol–water partition coefficient (Wildman–Crippen LogP) is 3.12. The smallest absolute Gasteiger partial charge is 0.126 e. The van der Waals surface area contributed by atoms with Crippen molar-refractivity contribution in [2.45, 2.75) is 19.4 Å². The molecule has 0 spiro atoms. The van der Waals surface area contributed by atoms with Crippen LogP contribution in [0.2, 0.25) is 0 Å². The first-order valence-electron chi connectivity index (χ1n) is 5.56. The Morgan fingerprint density at radius 1 is 1.06 bits per heavy atom. The van der Waals surface area contributed by atoms with Gasteiger partial charge in [-0.05, 0) is 31.0 Å². The van der Waals surface area contributed by atoms with Gasteiger partial charge in [0.2, 0.25) is 0 Å². The van der Waals surface area contributed by atoms with Gasteiger partial charge in [0.25, 0.3) is 0 Å². The van der Waals surface area contributed by atoms with Gasteiger partial charge in [-0.25, -0.2) is 4.98 Å². The summed E-state index contributed by atoms with van der Waals surface area (Å²) in [6.07, 6.45) is 2.81. The molecule has 1 atom stereocenters. The molecule has 0 aliphatic carbocycles. The van der Waals surface area contributed by atoms with Crippen molar-refractivity contribution in [3.8, 4) is 0 Å². The van der Waals surface area contributed by atoms with Crippen LogP contribution in [-0.2, 0) is 6.42 Å². The standard InChI is InChI=1S/C14H16N2/c1-12(11-13-7-3-2-4-8-13)16-14-9-5-6-10-15-14/h2-10,12H,11H2,1H3,(H,15,16)/t12-/m1/s1. The van der Waals surface area contributed by atoms with Gasteiger partial charge in [-0.15, -0.1) is 0 Å². The van der Waals surface area contributed by atoms with Crippen LogP contribution in [0.25, 0.3) is 0 Å². The third-order valence-electron chi connectivity index (χ3n) is 2.44. The molecule has 16 heavy (non-hydrogen) atoms. The Morgan fingerprint density at radius 2 is 1.81 bits per heavy atom. The molecule has 0 saturated heterocycles. The first-order valence-corrected chi connectivity index (χ1v) is 5.56. The molecule has 2 rings (SSSR count). The number of nitrogens with zero attached hydrogens (tertiary/aromatic N) is 1. The lowest BCUT2D eigenvalue weighted by atomic mass is 10.1. The molecule has 0 radical (unpaired) electrons. The van der Waals surface area contributed by atoms with E-state index in [9.17, 15) is 0 Å². The number of rotatable bonds is 4. The summed E-state index contributed by atoms with van der Waals surface area (Å²) < 4.78 is 0. The van der Waals surface area contributed by atoms with Crippen LogP contribution < -0.4 is 5.32 Å². The molecular formula is C14H16N2. The lowest BCUT2D eigenvalue weighted by molar-refractivity contribution is 0.785. The minimum absolute atomic E-state index is 0.386. The fourth-order valence-corrected chi connectivity index (χ4v) is 1.72. The molecule has 0 amide bonds. The van der Waals surface area contributed by atoms with Crippen LogP contribution in [0.5, 0.6) is 0 Å². The third-order valence-corrected chi connectivity index (χ3v) is 2.44. The maximum absolute atomic E-state index is 4.25. The van der Waals surface area contributed by atoms with Crippen LogP contribution in [0, 0.1) is 0 Å². The average Bonchev–Trinajstić information content (AvgIpc) is 2.31. The molecule has 0 bridgehead atoms. The van der Waals surface area contributed by atoms with E-state index in [0.717, 1.165) is 12.2 Å². The molecule has 1 N–H and O–H groups in total. The average molecular weight is 212 g/mol. The molecular weight excluding hydrogens is 196 g/mol. The number of hydrogen-bond acceptors (Lipinski definition) is 2. The molecule has 1 aromatic heterocycles. The molecule has 2 heteroatoms. The van der Waals surface area contributed by atoms with E-state index < -0.39 is 0 Å². The second-order valence-electron chi connectivity index (χ2n) is 3.95. The van der Waals surface area contributed by atoms with Crippen LogP contribution in [0.15, 0.2) is 54.7 Å². The minimum Gasteiger partial charge on any atom is -0.367 e. The maximum atomic E-state index is 4.25. The van der Waals surface area contributed by atoms with E-state index in [-0.39, 0.29) is 0 Å². The van der Waals surface area contributed by atoms with Crippen molar-refractivity contribution >= 4 is 5.82 Å². The summed E-state index contributed by atoms with van der Waals surface area (Å²) in [6, 6.07) is 16.8. The lowest BCUT2D eigenvalue weighted by Gasteiger charge is -2.14. The van der Waals surface area contributed by atoms with Crippen molar-refractivity contribution in [3.63, 3.8) is 0 Å². The lowest BCUT2D eigenvalue weighted by Crippen LogP contribution is -2.18. The number of nitrogens with one attached hydrogen (secondary N) is 1. The van der Waals surface area contributed by atoms with Crippen molar-refractivity contribution in [1.82, 2.24) is 4.98 Å². The van der Waals surface area contributed by atoms with Gasteiger partial charge < -0.3 is 5.32 Å². The Hall–Kier alpha value is -1.83. The van der Waals surface area contributed by atoms with E-state index >= 15 is 0 Å². The predicted molar refractivity (Wildman–Crippen MR) is 67.5 cm³/mol. The van der Waals surface area contributed by atoms with Gasteiger partial charge in [0.15, 0.2) is 0 Å². The van der Waals surface area contributed by atoms with Crippen molar-refractivity contribution in [2.24, 2.45) is 0 Å². The maximum Gasteiger partial charge on any atom is 0.126 e. The Labute approximate surface area is 96.4 Å². The molecule has 0 unspecified atom stereocenters. The summed E-state index contributed by atoms with van der Waals surface area (Å²) >= 11 is 0. The molecule has 0 aliphatic heterocycles. The molecule has 0 saturated carbocycles.